The average molecular weight is 379 g/mol. The van der Waals surface area contributed by atoms with Crippen LogP contribution in [0.25, 0.3) is 0 Å². The number of hydrogen-bond acceptors (Lipinski definition) is 5. The number of rotatable bonds is 6. The number of alkyl halides is 2. The summed E-state index contributed by atoms with van der Waals surface area (Å²) in [7, 11) is -3.80. The molecule has 2 rings (SSSR count). The molecule has 1 aromatic rings. The number of amides is 1. The Kier molecular flexibility index (Phi) is 5.79. The number of piperidine rings is 1. The van der Waals surface area contributed by atoms with Gasteiger partial charge in [0.1, 0.15) is 4.90 Å². The number of carbonyl (C=O) groups excluding carboxylic acids is 1. The minimum absolute atomic E-state index is 0.0492. The van der Waals surface area contributed by atoms with Gasteiger partial charge in [0.25, 0.3) is 5.92 Å². The van der Waals surface area contributed by atoms with Crippen molar-refractivity contribution < 1.29 is 22.0 Å². The predicted molar refractivity (Wildman–Crippen MR) is 86.6 cm³/mol. The van der Waals surface area contributed by atoms with Crippen LogP contribution in [-0.2, 0) is 14.8 Å². The van der Waals surface area contributed by atoms with Gasteiger partial charge in [0, 0.05) is 13.1 Å². The second-order valence-corrected chi connectivity index (χ2v) is 8.12. The van der Waals surface area contributed by atoms with E-state index in [-0.39, 0.29) is 18.0 Å². The Bertz CT molecular complexity index is 715. The Morgan fingerprint density at radius 2 is 2.16 bits per heavy atom. The Morgan fingerprint density at radius 3 is 2.72 bits per heavy atom. The fourth-order valence-corrected chi connectivity index (χ4v) is 4.71. The topological polar surface area (TPSA) is 121 Å². The molecule has 0 saturated carbocycles. The summed E-state index contributed by atoms with van der Waals surface area (Å²) in [5.74, 6) is -4.44. The van der Waals surface area contributed by atoms with Crippen LogP contribution in [-0.4, -0.2) is 60.9 Å². The monoisotopic (exact) mass is 379 g/mol. The minimum Gasteiger partial charge on any atom is -0.350 e. The summed E-state index contributed by atoms with van der Waals surface area (Å²) in [5, 5.41) is 8.69. The third kappa shape index (κ3) is 4.33. The number of aryl methyl sites for hydroxylation is 2. The second kappa shape index (κ2) is 7.34. The molecule has 0 radical (unpaired) electrons. The van der Waals surface area contributed by atoms with E-state index >= 15 is 0 Å². The third-order valence-corrected chi connectivity index (χ3v) is 6.36. The van der Waals surface area contributed by atoms with Gasteiger partial charge in [-0.25, -0.2) is 17.2 Å². The lowest BCUT2D eigenvalue weighted by atomic mass is 9.99. The third-order valence-electron chi connectivity index (χ3n) is 4.23. The van der Waals surface area contributed by atoms with Crippen LogP contribution in [0.1, 0.15) is 24.2 Å². The second-order valence-electron chi connectivity index (χ2n) is 6.24. The summed E-state index contributed by atoms with van der Waals surface area (Å²) in [6.07, 6.45) is 0.913. The van der Waals surface area contributed by atoms with Crippen molar-refractivity contribution in [2.75, 3.05) is 26.2 Å². The summed E-state index contributed by atoms with van der Waals surface area (Å²) < 4.78 is 53.2. The number of aromatic amines is 1. The molecule has 2 heterocycles. The van der Waals surface area contributed by atoms with Gasteiger partial charge < -0.3 is 11.1 Å². The number of sulfonamides is 1. The van der Waals surface area contributed by atoms with Gasteiger partial charge in [-0.15, -0.1) is 0 Å². The highest BCUT2D eigenvalue weighted by Crippen LogP contribution is 2.27. The highest BCUT2D eigenvalue weighted by molar-refractivity contribution is 7.89. The smallest absolute Gasteiger partial charge is 0.277 e. The minimum atomic E-state index is -3.80. The van der Waals surface area contributed by atoms with Gasteiger partial charge in [0.2, 0.25) is 15.9 Å². The van der Waals surface area contributed by atoms with Gasteiger partial charge in [0.15, 0.2) is 0 Å². The molecular weight excluding hydrogens is 356 g/mol. The summed E-state index contributed by atoms with van der Waals surface area (Å²) in [4.78, 5) is 12.2. The van der Waals surface area contributed by atoms with Crippen molar-refractivity contribution in [2.24, 2.45) is 11.7 Å². The van der Waals surface area contributed by atoms with E-state index in [9.17, 15) is 22.0 Å². The van der Waals surface area contributed by atoms with Crippen molar-refractivity contribution in [2.45, 2.75) is 37.5 Å². The molecule has 4 N–H and O–H groups in total. The highest BCUT2D eigenvalue weighted by atomic mass is 32.2. The Labute approximate surface area is 145 Å². The molecule has 1 unspecified atom stereocenters. The molecule has 11 heteroatoms. The zero-order valence-corrected chi connectivity index (χ0v) is 15.0. The van der Waals surface area contributed by atoms with E-state index in [0.29, 0.717) is 24.2 Å². The first-order chi connectivity index (χ1) is 11.6. The summed E-state index contributed by atoms with van der Waals surface area (Å²) in [5.41, 5.74) is 5.71. The van der Waals surface area contributed by atoms with Crippen LogP contribution in [0.2, 0.25) is 0 Å². The van der Waals surface area contributed by atoms with Gasteiger partial charge in [-0.05, 0) is 26.7 Å². The van der Waals surface area contributed by atoms with Crippen molar-refractivity contribution in [3.8, 4) is 0 Å². The molecule has 1 atom stereocenters. The summed E-state index contributed by atoms with van der Waals surface area (Å²) >= 11 is 0. The zero-order chi connectivity index (χ0) is 18.8. The number of halogens is 2. The van der Waals surface area contributed by atoms with Gasteiger partial charge in [-0.3, -0.25) is 9.89 Å². The molecule has 1 fully saturated rings. The number of hydrogen-bond donors (Lipinski definition) is 3. The van der Waals surface area contributed by atoms with E-state index in [0.717, 1.165) is 0 Å². The summed E-state index contributed by atoms with van der Waals surface area (Å²) in [6, 6.07) is 0. The van der Waals surface area contributed by atoms with Crippen molar-refractivity contribution in [1.82, 2.24) is 19.8 Å². The predicted octanol–water partition coefficient (Wildman–Crippen LogP) is 0.137. The number of carbonyl (C=O) groups is 1. The summed E-state index contributed by atoms with van der Waals surface area (Å²) in [6.45, 7) is 1.69. The van der Waals surface area contributed by atoms with Crippen molar-refractivity contribution >= 4 is 15.9 Å². The molecule has 0 aliphatic carbocycles. The first kappa shape index (κ1) is 19.7. The fraction of sp³-hybridized carbons (Fsp3) is 0.714. The van der Waals surface area contributed by atoms with Gasteiger partial charge in [-0.1, -0.05) is 0 Å². The Balaban J connectivity index is 2.09. The van der Waals surface area contributed by atoms with Gasteiger partial charge in [-0.2, -0.15) is 9.40 Å². The molecule has 1 saturated heterocycles. The molecule has 142 valence electrons. The van der Waals surface area contributed by atoms with Crippen LogP contribution in [0.5, 0.6) is 0 Å². The van der Waals surface area contributed by atoms with Crippen LogP contribution < -0.4 is 11.1 Å². The highest BCUT2D eigenvalue weighted by Gasteiger charge is 2.36. The van der Waals surface area contributed by atoms with Crippen LogP contribution in [0.3, 0.4) is 0 Å². The number of H-pyrrole nitrogens is 1. The maximum atomic E-state index is 13.2. The molecule has 1 amide bonds. The van der Waals surface area contributed by atoms with Crippen LogP contribution in [0.15, 0.2) is 4.90 Å². The number of aromatic nitrogens is 2. The SMILES string of the molecule is Cc1n[nH]c(C)c1S(=O)(=O)N1CCCC(C(=O)NCC(F)(F)CN)C1. The molecular formula is C14H23F2N5O3S. The van der Waals surface area contributed by atoms with Crippen molar-refractivity contribution in [3.05, 3.63) is 11.4 Å². The van der Waals surface area contributed by atoms with E-state index in [2.05, 4.69) is 15.5 Å². The Morgan fingerprint density at radius 1 is 1.48 bits per heavy atom. The van der Waals surface area contributed by atoms with E-state index in [1.807, 2.05) is 0 Å². The van der Waals surface area contributed by atoms with Crippen molar-refractivity contribution in [3.63, 3.8) is 0 Å². The number of nitrogens with two attached hydrogens (primary N) is 1. The lowest BCUT2D eigenvalue weighted by molar-refractivity contribution is -0.127. The first-order valence-corrected chi connectivity index (χ1v) is 9.40. The molecule has 0 bridgehead atoms. The number of nitrogens with one attached hydrogen (secondary N) is 2. The average Bonchev–Trinajstić information content (AvgIpc) is 2.92. The first-order valence-electron chi connectivity index (χ1n) is 7.96. The maximum Gasteiger partial charge on any atom is 0.277 e. The van der Waals surface area contributed by atoms with E-state index < -0.39 is 40.9 Å². The van der Waals surface area contributed by atoms with E-state index in [1.54, 1.807) is 13.8 Å². The quantitative estimate of drug-likeness (QED) is 0.649. The molecule has 25 heavy (non-hydrogen) atoms. The normalized spacial score (nSPS) is 19.8. The number of nitrogens with zero attached hydrogens (tertiary/aromatic N) is 2. The van der Waals surface area contributed by atoms with Crippen LogP contribution in [0, 0.1) is 19.8 Å². The fourth-order valence-electron chi connectivity index (χ4n) is 2.86. The molecule has 0 spiro atoms. The lowest BCUT2D eigenvalue weighted by Crippen LogP contribution is -2.48. The van der Waals surface area contributed by atoms with Crippen molar-refractivity contribution in [1.29, 1.82) is 0 Å². The maximum absolute atomic E-state index is 13.2. The Hall–Kier alpha value is -1.59. The largest absolute Gasteiger partial charge is 0.350 e. The molecule has 8 nitrogen and oxygen atoms in total. The lowest BCUT2D eigenvalue weighted by Gasteiger charge is -2.31. The molecule has 0 aromatic carbocycles. The standard InChI is InChI=1S/C14H23F2N5O3S/c1-9-12(10(2)20-19-9)25(23,24)21-5-3-4-11(6-21)13(22)18-8-14(15,16)7-17/h11H,3-8,17H2,1-2H3,(H,18,22)(H,19,20). The molecule has 1 aliphatic rings. The molecule has 1 aliphatic heterocycles. The molecule has 1 aromatic heterocycles. The van der Waals surface area contributed by atoms with Gasteiger partial charge in [0.05, 0.1) is 30.4 Å². The van der Waals surface area contributed by atoms with Crippen LogP contribution >= 0.6 is 0 Å². The van der Waals surface area contributed by atoms with Crippen LogP contribution in [0.4, 0.5) is 8.78 Å². The van der Waals surface area contributed by atoms with E-state index in [1.165, 1.54) is 4.31 Å². The van der Waals surface area contributed by atoms with E-state index in [4.69, 9.17) is 5.73 Å². The van der Waals surface area contributed by atoms with Gasteiger partial charge >= 0.3 is 0 Å². The zero-order valence-electron chi connectivity index (χ0n) is 14.2.